The number of aryl methyl sites for hydroxylation is 1. The Balaban J connectivity index is 2.13. The SMILES string of the molecule is Cc1ccc(Cl)cc1C(N)C1CCC(C)CC1. The first kappa shape index (κ1) is 12.9. The van der Waals surface area contributed by atoms with Crippen molar-refractivity contribution in [3.8, 4) is 0 Å². The Morgan fingerprint density at radius 3 is 2.53 bits per heavy atom. The number of hydrogen-bond acceptors (Lipinski definition) is 1. The summed E-state index contributed by atoms with van der Waals surface area (Å²) < 4.78 is 0. The fraction of sp³-hybridized carbons (Fsp3) is 0.600. The number of halogens is 1. The average molecular weight is 252 g/mol. The molecule has 0 aliphatic heterocycles. The zero-order chi connectivity index (χ0) is 12.4. The maximum absolute atomic E-state index is 6.43. The lowest BCUT2D eigenvalue weighted by atomic mass is 9.77. The van der Waals surface area contributed by atoms with Crippen molar-refractivity contribution in [2.75, 3.05) is 0 Å². The second-order valence-electron chi connectivity index (χ2n) is 5.55. The molecule has 1 aliphatic carbocycles. The summed E-state index contributed by atoms with van der Waals surface area (Å²) in [6.45, 7) is 4.46. The van der Waals surface area contributed by atoms with Crippen molar-refractivity contribution in [1.29, 1.82) is 0 Å². The van der Waals surface area contributed by atoms with E-state index >= 15 is 0 Å². The largest absolute Gasteiger partial charge is 0.324 e. The van der Waals surface area contributed by atoms with Gasteiger partial charge in [-0.1, -0.05) is 37.4 Å². The van der Waals surface area contributed by atoms with Crippen molar-refractivity contribution in [3.05, 3.63) is 34.3 Å². The van der Waals surface area contributed by atoms with E-state index in [1.54, 1.807) is 0 Å². The van der Waals surface area contributed by atoms with Crippen molar-refractivity contribution in [2.45, 2.75) is 45.6 Å². The van der Waals surface area contributed by atoms with Gasteiger partial charge in [-0.2, -0.15) is 0 Å². The monoisotopic (exact) mass is 251 g/mol. The lowest BCUT2D eigenvalue weighted by Crippen LogP contribution is -2.26. The van der Waals surface area contributed by atoms with Crippen LogP contribution in [-0.2, 0) is 0 Å². The van der Waals surface area contributed by atoms with E-state index in [-0.39, 0.29) is 6.04 Å². The molecule has 2 rings (SSSR count). The van der Waals surface area contributed by atoms with Crippen LogP contribution in [0.5, 0.6) is 0 Å². The molecule has 1 unspecified atom stereocenters. The van der Waals surface area contributed by atoms with Crippen LogP contribution in [0.1, 0.15) is 49.8 Å². The zero-order valence-corrected chi connectivity index (χ0v) is 11.5. The van der Waals surface area contributed by atoms with Gasteiger partial charge in [-0.15, -0.1) is 0 Å². The predicted molar refractivity (Wildman–Crippen MR) is 74.2 cm³/mol. The van der Waals surface area contributed by atoms with E-state index in [2.05, 4.69) is 19.9 Å². The Hall–Kier alpha value is -0.530. The van der Waals surface area contributed by atoms with E-state index in [9.17, 15) is 0 Å². The summed E-state index contributed by atoms with van der Waals surface area (Å²) >= 11 is 6.07. The Labute approximate surface area is 109 Å². The summed E-state index contributed by atoms with van der Waals surface area (Å²) in [6, 6.07) is 6.21. The normalized spacial score (nSPS) is 26.8. The molecule has 1 nitrogen and oxygen atoms in total. The molecule has 1 saturated carbocycles. The van der Waals surface area contributed by atoms with E-state index in [0.29, 0.717) is 5.92 Å². The van der Waals surface area contributed by atoms with Gasteiger partial charge in [0.25, 0.3) is 0 Å². The Bertz CT molecular complexity index is 381. The molecule has 0 heterocycles. The van der Waals surface area contributed by atoms with E-state index in [1.165, 1.54) is 36.8 Å². The first-order valence-corrected chi connectivity index (χ1v) is 6.97. The topological polar surface area (TPSA) is 26.0 Å². The minimum absolute atomic E-state index is 0.154. The molecule has 1 fully saturated rings. The molecule has 0 aromatic heterocycles. The van der Waals surface area contributed by atoms with Crippen LogP contribution in [0.25, 0.3) is 0 Å². The molecule has 1 aliphatic rings. The summed E-state index contributed by atoms with van der Waals surface area (Å²) in [5, 5.41) is 0.797. The molecule has 2 N–H and O–H groups in total. The van der Waals surface area contributed by atoms with E-state index in [1.807, 2.05) is 12.1 Å². The average Bonchev–Trinajstić information content (AvgIpc) is 2.32. The van der Waals surface area contributed by atoms with Gasteiger partial charge in [-0.25, -0.2) is 0 Å². The van der Waals surface area contributed by atoms with Gasteiger partial charge < -0.3 is 5.73 Å². The summed E-state index contributed by atoms with van der Waals surface area (Å²) in [5.74, 6) is 1.50. The number of hydrogen-bond donors (Lipinski definition) is 1. The van der Waals surface area contributed by atoms with Crippen LogP contribution in [0.4, 0.5) is 0 Å². The number of rotatable bonds is 2. The van der Waals surface area contributed by atoms with Crippen LogP contribution < -0.4 is 5.73 Å². The molecule has 0 spiro atoms. The van der Waals surface area contributed by atoms with Gasteiger partial charge in [0, 0.05) is 11.1 Å². The fourth-order valence-corrected chi connectivity index (χ4v) is 3.05. The molecule has 1 aromatic carbocycles. The molecule has 1 atom stereocenters. The smallest absolute Gasteiger partial charge is 0.0409 e. The zero-order valence-electron chi connectivity index (χ0n) is 10.7. The van der Waals surface area contributed by atoms with Crippen LogP contribution in [0, 0.1) is 18.8 Å². The standard InChI is InChI=1S/C15H22ClN/c1-10-3-6-12(7-4-10)15(17)14-9-13(16)8-5-11(14)2/h5,8-10,12,15H,3-4,6-7,17H2,1-2H3. The number of benzene rings is 1. The highest BCUT2D eigenvalue weighted by atomic mass is 35.5. The van der Waals surface area contributed by atoms with Crippen molar-refractivity contribution in [2.24, 2.45) is 17.6 Å². The van der Waals surface area contributed by atoms with Crippen LogP contribution in [0.15, 0.2) is 18.2 Å². The minimum Gasteiger partial charge on any atom is -0.324 e. The van der Waals surface area contributed by atoms with Crippen molar-refractivity contribution < 1.29 is 0 Å². The molecule has 0 bridgehead atoms. The van der Waals surface area contributed by atoms with Crippen LogP contribution in [-0.4, -0.2) is 0 Å². The Morgan fingerprint density at radius 1 is 1.24 bits per heavy atom. The highest BCUT2D eigenvalue weighted by Crippen LogP contribution is 2.36. The van der Waals surface area contributed by atoms with Gasteiger partial charge in [-0.05, 0) is 54.9 Å². The van der Waals surface area contributed by atoms with Gasteiger partial charge in [0.1, 0.15) is 0 Å². The first-order valence-electron chi connectivity index (χ1n) is 6.59. The second-order valence-corrected chi connectivity index (χ2v) is 5.98. The highest BCUT2D eigenvalue weighted by molar-refractivity contribution is 6.30. The van der Waals surface area contributed by atoms with Crippen LogP contribution in [0.2, 0.25) is 5.02 Å². The fourth-order valence-electron chi connectivity index (χ4n) is 2.87. The third-order valence-corrected chi connectivity index (χ3v) is 4.40. The molecule has 0 amide bonds. The van der Waals surface area contributed by atoms with Crippen molar-refractivity contribution in [3.63, 3.8) is 0 Å². The third kappa shape index (κ3) is 3.02. The first-order chi connectivity index (χ1) is 8.08. The van der Waals surface area contributed by atoms with E-state index < -0.39 is 0 Å². The van der Waals surface area contributed by atoms with Gasteiger partial charge in [0.05, 0.1) is 0 Å². The molecular formula is C15H22ClN. The Morgan fingerprint density at radius 2 is 1.88 bits per heavy atom. The summed E-state index contributed by atoms with van der Waals surface area (Å²) in [7, 11) is 0. The maximum Gasteiger partial charge on any atom is 0.0409 e. The van der Waals surface area contributed by atoms with E-state index in [4.69, 9.17) is 17.3 Å². The molecule has 1 aromatic rings. The Kier molecular flexibility index (Phi) is 4.11. The lowest BCUT2D eigenvalue weighted by molar-refractivity contribution is 0.256. The van der Waals surface area contributed by atoms with Gasteiger partial charge >= 0.3 is 0 Å². The lowest BCUT2D eigenvalue weighted by Gasteiger charge is -2.31. The molecule has 17 heavy (non-hydrogen) atoms. The predicted octanol–water partition coefficient (Wildman–Crippen LogP) is 4.47. The van der Waals surface area contributed by atoms with Gasteiger partial charge in [-0.3, -0.25) is 0 Å². The van der Waals surface area contributed by atoms with Gasteiger partial charge in [0.15, 0.2) is 0 Å². The van der Waals surface area contributed by atoms with Crippen molar-refractivity contribution in [1.82, 2.24) is 0 Å². The minimum atomic E-state index is 0.154. The maximum atomic E-state index is 6.43. The second kappa shape index (κ2) is 5.41. The molecular weight excluding hydrogens is 230 g/mol. The summed E-state index contributed by atoms with van der Waals surface area (Å²) in [5.41, 5.74) is 8.92. The summed E-state index contributed by atoms with van der Waals surface area (Å²) in [4.78, 5) is 0. The number of nitrogens with two attached hydrogens (primary N) is 1. The molecule has 0 saturated heterocycles. The van der Waals surface area contributed by atoms with Crippen LogP contribution in [0.3, 0.4) is 0 Å². The molecule has 0 radical (unpaired) electrons. The van der Waals surface area contributed by atoms with Crippen molar-refractivity contribution >= 4 is 11.6 Å². The molecule has 94 valence electrons. The van der Waals surface area contributed by atoms with E-state index in [0.717, 1.165) is 10.9 Å². The van der Waals surface area contributed by atoms with Crippen LogP contribution >= 0.6 is 11.6 Å². The summed E-state index contributed by atoms with van der Waals surface area (Å²) in [6.07, 6.45) is 5.15. The quantitative estimate of drug-likeness (QED) is 0.824. The van der Waals surface area contributed by atoms with Gasteiger partial charge in [0.2, 0.25) is 0 Å². The third-order valence-electron chi connectivity index (χ3n) is 4.17. The molecule has 2 heteroatoms. The highest BCUT2D eigenvalue weighted by Gasteiger charge is 2.25.